The molecule has 0 aromatic carbocycles. The Morgan fingerprint density at radius 2 is 1.42 bits per heavy atom. The summed E-state index contributed by atoms with van der Waals surface area (Å²) in [6.45, 7) is 0. The molecule has 1 heteroatoms. The van der Waals surface area contributed by atoms with Gasteiger partial charge in [-0.15, -0.1) is 0 Å². The van der Waals surface area contributed by atoms with Gasteiger partial charge in [0.2, 0.25) is 0 Å². The van der Waals surface area contributed by atoms with Crippen molar-refractivity contribution in [2.45, 2.75) is 44.6 Å². The fourth-order valence-electron chi connectivity index (χ4n) is 4.21. The maximum Gasteiger partial charge on any atom is 0.0573 e. The van der Waals surface area contributed by atoms with E-state index in [9.17, 15) is 5.11 Å². The average molecular weight is 166 g/mol. The molecule has 4 aliphatic carbocycles. The number of aliphatic hydroxyl groups excluding tert-OH is 1. The van der Waals surface area contributed by atoms with Crippen LogP contribution in [0.3, 0.4) is 0 Å². The summed E-state index contributed by atoms with van der Waals surface area (Å²) >= 11 is 0. The molecule has 0 saturated heterocycles. The van der Waals surface area contributed by atoms with E-state index in [1.165, 1.54) is 32.1 Å². The molecule has 0 amide bonds. The highest BCUT2D eigenvalue weighted by Gasteiger charge is 2.49. The SMILES string of the molecule is OC1CCC2C3CCC(CC3)C12. The predicted molar refractivity (Wildman–Crippen MR) is 47.7 cm³/mol. The Bertz CT molecular complexity index is 181. The van der Waals surface area contributed by atoms with Crippen LogP contribution in [0.1, 0.15) is 38.5 Å². The Kier molecular flexibility index (Phi) is 1.52. The normalized spacial score (nSPS) is 57.2. The van der Waals surface area contributed by atoms with Crippen molar-refractivity contribution in [3.05, 3.63) is 0 Å². The van der Waals surface area contributed by atoms with Crippen LogP contribution < -0.4 is 0 Å². The van der Waals surface area contributed by atoms with Crippen LogP contribution >= 0.6 is 0 Å². The van der Waals surface area contributed by atoms with E-state index in [4.69, 9.17) is 0 Å². The third-order valence-corrected chi connectivity index (χ3v) is 4.70. The van der Waals surface area contributed by atoms with Crippen molar-refractivity contribution in [2.75, 3.05) is 0 Å². The van der Waals surface area contributed by atoms with E-state index in [0.717, 1.165) is 30.1 Å². The molecule has 0 aromatic heterocycles. The van der Waals surface area contributed by atoms with Gasteiger partial charge >= 0.3 is 0 Å². The molecule has 4 saturated carbocycles. The molecule has 0 radical (unpaired) electrons. The zero-order chi connectivity index (χ0) is 8.13. The van der Waals surface area contributed by atoms with Crippen LogP contribution in [0.4, 0.5) is 0 Å². The zero-order valence-corrected chi connectivity index (χ0v) is 7.58. The predicted octanol–water partition coefficient (Wildman–Crippen LogP) is 2.19. The molecule has 0 aliphatic heterocycles. The van der Waals surface area contributed by atoms with Gasteiger partial charge in [-0.2, -0.15) is 0 Å². The molecule has 4 aliphatic rings. The van der Waals surface area contributed by atoms with Crippen LogP contribution in [0.5, 0.6) is 0 Å². The zero-order valence-electron chi connectivity index (χ0n) is 7.58. The second-order valence-corrected chi connectivity index (χ2v) is 5.06. The fourth-order valence-corrected chi connectivity index (χ4v) is 4.21. The minimum Gasteiger partial charge on any atom is -0.393 e. The molecule has 1 N–H and O–H groups in total. The lowest BCUT2D eigenvalue weighted by atomic mass is 9.59. The van der Waals surface area contributed by atoms with E-state index < -0.39 is 0 Å². The topological polar surface area (TPSA) is 20.2 Å². The quantitative estimate of drug-likeness (QED) is 0.585. The van der Waals surface area contributed by atoms with Gasteiger partial charge < -0.3 is 5.11 Å². The minimum atomic E-state index is 0.0723. The molecule has 1 nitrogen and oxygen atoms in total. The summed E-state index contributed by atoms with van der Waals surface area (Å²) in [4.78, 5) is 0. The van der Waals surface area contributed by atoms with E-state index in [1.807, 2.05) is 0 Å². The van der Waals surface area contributed by atoms with E-state index in [1.54, 1.807) is 0 Å². The lowest BCUT2D eigenvalue weighted by Crippen LogP contribution is -2.40. The number of hydrogen-bond donors (Lipinski definition) is 1. The first-order valence-electron chi connectivity index (χ1n) is 5.54. The summed E-state index contributed by atoms with van der Waals surface area (Å²) in [7, 11) is 0. The monoisotopic (exact) mass is 166 g/mol. The van der Waals surface area contributed by atoms with E-state index in [0.29, 0.717) is 0 Å². The molecular weight excluding hydrogens is 148 g/mol. The molecule has 3 unspecified atom stereocenters. The van der Waals surface area contributed by atoms with Crippen LogP contribution in [0.25, 0.3) is 0 Å². The third-order valence-electron chi connectivity index (χ3n) is 4.70. The second-order valence-electron chi connectivity index (χ2n) is 5.06. The molecule has 2 bridgehead atoms. The summed E-state index contributed by atoms with van der Waals surface area (Å²) < 4.78 is 0. The molecular formula is C11H18O. The molecule has 0 aromatic rings. The van der Waals surface area contributed by atoms with Crippen LogP contribution in [0.15, 0.2) is 0 Å². The summed E-state index contributed by atoms with van der Waals surface area (Å²) in [5, 5.41) is 9.85. The first kappa shape index (κ1) is 7.37. The van der Waals surface area contributed by atoms with Crippen LogP contribution in [-0.4, -0.2) is 11.2 Å². The summed E-state index contributed by atoms with van der Waals surface area (Å²) in [6.07, 6.45) is 8.28. The molecule has 0 heterocycles. The summed E-state index contributed by atoms with van der Waals surface area (Å²) in [5.74, 6) is 3.54. The Balaban J connectivity index is 1.89. The number of fused-ring (bicyclic) bond motifs is 2. The van der Waals surface area contributed by atoms with Crippen LogP contribution in [0, 0.1) is 23.7 Å². The fraction of sp³-hybridized carbons (Fsp3) is 1.00. The summed E-state index contributed by atoms with van der Waals surface area (Å²) in [5.41, 5.74) is 0. The van der Waals surface area contributed by atoms with E-state index in [2.05, 4.69) is 0 Å². The van der Waals surface area contributed by atoms with Gasteiger partial charge in [-0.25, -0.2) is 0 Å². The van der Waals surface area contributed by atoms with Gasteiger partial charge in [0, 0.05) is 0 Å². The molecule has 4 rings (SSSR count). The Hall–Kier alpha value is -0.0400. The highest BCUT2D eigenvalue weighted by Crippen LogP contribution is 2.55. The third kappa shape index (κ3) is 0.834. The van der Waals surface area contributed by atoms with Gasteiger partial charge in [0.05, 0.1) is 6.10 Å². The average Bonchev–Trinajstić information content (AvgIpc) is 2.53. The van der Waals surface area contributed by atoms with E-state index in [-0.39, 0.29) is 6.10 Å². The van der Waals surface area contributed by atoms with Gasteiger partial charge in [-0.1, -0.05) is 0 Å². The summed E-state index contributed by atoms with van der Waals surface area (Å²) in [6, 6.07) is 0. The van der Waals surface area contributed by atoms with Crippen molar-refractivity contribution in [2.24, 2.45) is 23.7 Å². The Labute approximate surface area is 74.2 Å². The van der Waals surface area contributed by atoms with Crippen molar-refractivity contribution in [3.63, 3.8) is 0 Å². The molecule has 12 heavy (non-hydrogen) atoms. The van der Waals surface area contributed by atoms with Crippen molar-refractivity contribution >= 4 is 0 Å². The lowest BCUT2D eigenvalue weighted by molar-refractivity contribution is -0.0134. The highest BCUT2D eigenvalue weighted by atomic mass is 16.3. The maximum absolute atomic E-state index is 9.85. The molecule has 3 atom stereocenters. The van der Waals surface area contributed by atoms with Crippen molar-refractivity contribution < 1.29 is 5.11 Å². The van der Waals surface area contributed by atoms with Crippen LogP contribution in [0.2, 0.25) is 0 Å². The standard InChI is InChI=1S/C11H18O/c12-10-6-5-9-7-1-3-8(4-2-7)11(9)10/h7-12H,1-6H2. The number of hydrogen-bond acceptors (Lipinski definition) is 1. The second kappa shape index (κ2) is 2.47. The van der Waals surface area contributed by atoms with Crippen molar-refractivity contribution in [1.29, 1.82) is 0 Å². The largest absolute Gasteiger partial charge is 0.393 e. The van der Waals surface area contributed by atoms with Gasteiger partial charge in [0.25, 0.3) is 0 Å². The lowest BCUT2D eigenvalue weighted by Gasteiger charge is -2.46. The highest BCUT2D eigenvalue weighted by molar-refractivity contribution is 4.99. The van der Waals surface area contributed by atoms with Gasteiger partial charge in [-0.3, -0.25) is 0 Å². The van der Waals surface area contributed by atoms with Crippen molar-refractivity contribution in [1.82, 2.24) is 0 Å². The minimum absolute atomic E-state index is 0.0723. The van der Waals surface area contributed by atoms with Gasteiger partial charge in [-0.05, 0) is 62.2 Å². The first-order valence-corrected chi connectivity index (χ1v) is 5.54. The van der Waals surface area contributed by atoms with Crippen molar-refractivity contribution in [3.8, 4) is 0 Å². The Morgan fingerprint density at radius 1 is 0.750 bits per heavy atom. The van der Waals surface area contributed by atoms with Gasteiger partial charge in [0.15, 0.2) is 0 Å². The first-order chi connectivity index (χ1) is 5.86. The molecule has 4 fully saturated rings. The molecule has 68 valence electrons. The van der Waals surface area contributed by atoms with E-state index >= 15 is 0 Å². The van der Waals surface area contributed by atoms with Gasteiger partial charge in [0.1, 0.15) is 0 Å². The smallest absolute Gasteiger partial charge is 0.0573 e. The maximum atomic E-state index is 9.85. The number of rotatable bonds is 0. The Morgan fingerprint density at radius 3 is 2.08 bits per heavy atom. The molecule has 0 spiro atoms. The number of aliphatic hydroxyl groups is 1. The van der Waals surface area contributed by atoms with Crippen LogP contribution in [-0.2, 0) is 0 Å².